The number of aliphatic hydroxyl groups excluding tert-OH is 1. The van der Waals surface area contributed by atoms with Crippen molar-refractivity contribution in [1.82, 2.24) is 15.1 Å². The summed E-state index contributed by atoms with van der Waals surface area (Å²) in [7, 11) is 0. The van der Waals surface area contributed by atoms with Gasteiger partial charge in [0.05, 0.1) is 6.10 Å². The zero-order valence-electron chi connectivity index (χ0n) is 15.4. The number of carbonyl (C=O) groups is 1. The summed E-state index contributed by atoms with van der Waals surface area (Å²) in [5.41, 5.74) is 1.33. The van der Waals surface area contributed by atoms with Crippen LogP contribution in [0.15, 0.2) is 30.3 Å². The third kappa shape index (κ3) is 4.33. The van der Waals surface area contributed by atoms with Crippen LogP contribution in [0.25, 0.3) is 0 Å². The monoisotopic (exact) mass is 345 g/mol. The number of hydrogen-bond acceptors (Lipinski definition) is 3. The summed E-state index contributed by atoms with van der Waals surface area (Å²) in [4.78, 5) is 16.8. The number of nitrogens with one attached hydrogen (secondary N) is 1. The molecule has 2 amide bonds. The molecule has 2 N–H and O–H groups in total. The smallest absolute Gasteiger partial charge is 0.317 e. The molecule has 5 heteroatoms. The Morgan fingerprint density at radius 1 is 1.36 bits per heavy atom. The minimum Gasteiger partial charge on any atom is -0.393 e. The summed E-state index contributed by atoms with van der Waals surface area (Å²) in [6.07, 6.45) is 2.83. The molecule has 25 heavy (non-hydrogen) atoms. The highest BCUT2D eigenvalue weighted by molar-refractivity contribution is 5.74. The van der Waals surface area contributed by atoms with Crippen LogP contribution in [0.2, 0.25) is 0 Å². The summed E-state index contributed by atoms with van der Waals surface area (Å²) >= 11 is 0. The molecule has 0 spiro atoms. The predicted octanol–water partition coefficient (Wildman–Crippen LogP) is 2.45. The molecule has 3 atom stereocenters. The Kier molecular flexibility index (Phi) is 5.64. The lowest BCUT2D eigenvalue weighted by atomic mass is 9.98. The van der Waals surface area contributed by atoms with E-state index in [1.807, 2.05) is 17.9 Å². The number of benzene rings is 1. The Morgan fingerprint density at radius 2 is 2.12 bits per heavy atom. The highest BCUT2D eigenvalue weighted by atomic mass is 16.3. The van der Waals surface area contributed by atoms with Crippen LogP contribution in [0.5, 0.6) is 0 Å². The van der Waals surface area contributed by atoms with Gasteiger partial charge in [-0.3, -0.25) is 4.90 Å². The van der Waals surface area contributed by atoms with E-state index >= 15 is 0 Å². The first-order chi connectivity index (χ1) is 12.0. The van der Waals surface area contributed by atoms with Gasteiger partial charge in [0.2, 0.25) is 0 Å². The van der Waals surface area contributed by atoms with Crippen molar-refractivity contribution in [2.45, 2.75) is 51.3 Å². The molecule has 0 unspecified atom stereocenters. The fourth-order valence-corrected chi connectivity index (χ4v) is 4.10. The second kappa shape index (κ2) is 7.75. The fraction of sp³-hybridized carbons (Fsp3) is 0.650. The zero-order valence-corrected chi connectivity index (χ0v) is 15.4. The second-order valence-corrected chi connectivity index (χ2v) is 7.90. The third-order valence-corrected chi connectivity index (χ3v) is 5.94. The van der Waals surface area contributed by atoms with Crippen molar-refractivity contribution >= 4 is 6.03 Å². The molecule has 0 saturated carbocycles. The molecule has 0 aromatic heterocycles. The Labute approximate surface area is 151 Å². The number of carbonyl (C=O) groups excluding carboxylic acids is 1. The molecule has 5 nitrogen and oxygen atoms in total. The van der Waals surface area contributed by atoms with Gasteiger partial charge < -0.3 is 15.3 Å². The molecule has 2 aliphatic heterocycles. The SMILES string of the molecule is C[C@H](O)[C@@H]1CCN(C(=O)NC[C@]2(C)CCCN2Cc2ccccc2)C1. The van der Waals surface area contributed by atoms with Crippen LogP contribution in [-0.4, -0.2) is 58.8 Å². The largest absolute Gasteiger partial charge is 0.393 e. The van der Waals surface area contributed by atoms with E-state index in [1.165, 1.54) is 12.0 Å². The quantitative estimate of drug-likeness (QED) is 0.862. The van der Waals surface area contributed by atoms with Crippen LogP contribution in [0, 0.1) is 5.92 Å². The van der Waals surface area contributed by atoms with E-state index in [1.54, 1.807) is 0 Å². The van der Waals surface area contributed by atoms with E-state index in [0.717, 1.165) is 32.5 Å². The maximum Gasteiger partial charge on any atom is 0.317 e. The molecule has 2 aliphatic rings. The first-order valence-corrected chi connectivity index (χ1v) is 9.48. The zero-order chi connectivity index (χ0) is 17.9. The summed E-state index contributed by atoms with van der Waals surface area (Å²) in [5, 5.41) is 12.9. The Hall–Kier alpha value is -1.59. The van der Waals surface area contributed by atoms with Crippen molar-refractivity contribution < 1.29 is 9.90 Å². The molecule has 0 aliphatic carbocycles. The Bertz CT molecular complexity index is 578. The molecule has 2 heterocycles. The summed E-state index contributed by atoms with van der Waals surface area (Å²) in [5.74, 6) is 0.211. The molecule has 1 aromatic rings. The molecule has 2 saturated heterocycles. The number of rotatable bonds is 5. The van der Waals surface area contributed by atoms with Crippen molar-refractivity contribution in [2.75, 3.05) is 26.2 Å². The van der Waals surface area contributed by atoms with E-state index in [-0.39, 0.29) is 23.6 Å². The van der Waals surface area contributed by atoms with Crippen molar-refractivity contribution in [3.8, 4) is 0 Å². The van der Waals surface area contributed by atoms with E-state index in [9.17, 15) is 9.90 Å². The van der Waals surface area contributed by atoms with E-state index < -0.39 is 0 Å². The van der Waals surface area contributed by atoms with E-state index in [2.05, 4.69) is 41.4 Å². The van der Waals surface area contributed by atoms with Crippen molar-refractivity contribution in [3.05, 3.63) is 35.9 Å². The van der Waals surface area contributed by atoms with Gasteiger partial charge in [-0.05, 0) is 45.2 Å². The van der Waals surface area contributed by atoms with Gasteiger partial charge >= 0.3 is 6.03 Å². The number of hydrogen-bond donors (Lipinski definition) is 2. The van der Waals surface area contributed by atoms with Gasteiger partial charge in [0, 0.05) is 37.6 Å². The molecule has 2 fully saturated rings. The number of aliphatic hydroxyl groups is 1. The average Bonchev–Trinajstić information content (AvgIpc) is 3.22. The lowest BCUT2D eigenvalue weighted by molar-refractivity contribution is 0.126. The standard InChI is InChI=1S/C20H31N3O2/c1-16(24)18-9-12-22(14-18)19(25)21-15-20(2)10-6-11-23(20)13-17-7-4-3-5-8-17/h3-5,7-8,16,18,24H,6,9-15H2,1-2H3,(H,21,25)/t16-,18+,20-/m0/s1. The van der Waals surface area contributed by atoms with Gasteiger partial charge in [-0.25, -0.2) is 4.79 Å². The molecular formula is C20H31N3O2. The minimum absolute atomic E-state index is 0.00883. The Balaban J connectivity index is 1.53. The van der Waals surface area contributed by atoms with E-state index in [4.69, 9.17) is 0 Å². The summed E-state index contributed by atoms with van der Waals surface area (Å²) in [6, 6.07) is 10.5. The molecule has 0 bridgehead atoms. The van der Waals surface area contributed by atoms with Gasteiger partial charge in [0.1, 0.15) is 0 Å². The van der Waals surface area contributed by atoms with Gasteiger partial charge in [-0.2, -0.15) is 0 Å². The van der Waals surface area contributed by atoms with E-state index in [0.29, 0.717) is 13.1 Å². The number of urea groups is 1. The molecule has 0 radical (unpaired) electrons. The number of amides is 2. The first kappa shape index (κ1) is 18.2. The maximum absolute atomic E-state index is 12.5. The van der Waals surface area contributed by atoms with Gasteiger partial charge in [-0.1, -0.05) is 30.3 Å². The molecular weight excluding hydrogens is 314 g/mol. The van der Waals surface area contributed by atoms with Crippen LogP contribution in [0.3, 0.4) is 0 Å². The van der Waals surface area contributed by atoms with Crippen molar-refractivity contribution in [2.24, 2.45) is 5.92 Å². The fourth-order valence-electron chi connectivity index (χ4n) is 4.10. The predicted molar refractivity (Wildman–Crippen MR) is 99.3 cm³/mol. The molecule has 3 rings (SSSR count). The average molecular weight is 345 g/mol. The van der Waals surface area contributed by atoms with Crippen LogP contribution < -0.4 is 5.32 Å². The topological polar surface area (TPSA) is 55.8 Å². The molecule has 138 valence electrons. The van der Waals surface area contributed by atoms with Crippen LogP contribution in [0.1, 0.15) is 38.7 Å². The highest BCUT2D eigenvalue weighted by Gasteiger charge is 2.37. The van der Waals surface area contributed by atoms with Crippen molar-refractivity contribution in [3.63, 3.8) is 0 Å². The number of nitrogens with zero attached hydrogens (tertiary/aromatic N) is 2. The first-order valence-electron chi connectivity index (χ1n) is 9.48. The summed E-state index contributed by atoms with van der Waals surface area (Å²) in [6.45, 7) is 8.16. The van der Waals surface area contributed by atoms with Gasteiger partial charge in [0.25, 0.3) is 0 Å². The van der Waals surface area contributed by atoms with Crippen LogP contribution >= 0.6 is 0 Å². The third-order valence-electron chi connectivity index (χ3n) is 5.94. The van der Waals surface area contributed by atoms with Gasteiger partial charge in [0.15, 0.2) is 0 Å². The number of likely N-dealkylation sites (tertiary alicyclic amines) is 2. The lowest BCUT2D eigenvalue weighted by Crippen LogP contribution is -2.51. The van der Waals surface area contributed by atoms with Crippen LogP contribution in [0.4, 0.5) is 4.79 Å². The summed E-state index contributed by atoms with van der Waals surface area (Å²) < 4.78 is 0. The Morgan fingerprint density at radius 3 is 2.80 bits per heavy atom. The van der Waals surface area contributed by atoms with Gasteiger partial charge in [-0.15, -0.1) is 0 Å². The van der Waals surface area contributed by atoms with Crippen LogP contribution in [-0.2, 0) is 6.54 Å². The minimum atomic E-state index is -0.341. The normalized spacial score (nSPS) is 28.3. The second-order valence-electron chi connectivity index (χ2n) is 7.90. The highest BCUT2D eigenvalue weighted by Crippen LogP contribution is 2.30. The maximum atomic E-state index is 12.5. The lowest BCUT2D eigenvalue weighted by Gasteiger charge is -2.36. The van der Waals surface area contributed by atoms with Crippen molar-refractivity contribution in [1.29, 1.82) is 0 Å². The molecule has 1 aromatic carbocycles.